The van der Waals surface area contributed by atoms with E-state index >= 15 is 0 Å². The second kappa shape index (κ2) is 4.20. The Morgan fingerprint density at radius 1 is 0.643 bits per heavy atom. The maximum atomic E-state index is 14.0. The van der Waals surface area contributed by atoms with Crippen LogP contribution in [0.5, 0.6) is 0 Å². The Morgan fingerprint density at radius 2 is 1.00 bits per heavy atom. The molecule has 0 atom stereocenters. The normalized spacial score (nSPS) is 10.4. The topological polar surface area (TPSA) is 0 Å². The fraction of sp³-hybridized carbons (Fsp3) is 0. The number of hydrogen-bond donors (Lipinski definition) is 0. The van der Waals surface area contributed by atoms with Crippen LogP contribution >= 0.6 is 0 Å². The van der Waals surface area contributed by atoms with Crippen LogP contribution in [0.2, 0.25) is 0 Å². The van der Waals surface area contributed by atoms with Crippen LogP contribution in [0.1, 0.15) is 0 Å². The minimum Gasteiger partial charge on any atom is -0.306 e. The van der Waals surface area contributed by atoms with Gasteiger partial charge in [0.1, 0.15) is 0 Å². The van der Waals surface area contributed by atoms with Gasteiger partial charge in [-0.3, -0.25) is 0 Å². The third kappa shape index (κ3) is 1.91. The third-order valence-electron chi connectivity index (χ3n) is 2.18. The van der Waals surface area contributed by atoms with E-state index in [4.69, 9.17) is 0 Å². The Kier molecular flexibility index (Phi) is 2.75. The average Bonchev–Trinajstić information content (AvgIpc) is 2.30. The Morgan fingerprint density at radius 3 is 1.36 bits per heavy atom. The van der Waals surface area contributed by atoms with Crippen molar-refractivity contribution >= 4 is 19.5 Å². The van der Waals surface area contributed by atoms with Crippen LogP contribution in [0.15, 0.2) is 60.7 Å². The fourth-order valence-corrected chi connectivity index (χ4v) is 2.94. The second-order valence-corrected chi connectivity index (χ2v) is 5.24. The van der Waals surface area contributed by atoms with Crippen LogP contribution in [-0.2, 0) is 0 Å². The van der Waals surface area contributed by atoms with Gasteiger partial charge in [0.25, 0.3) is 9.13 Å². The van der Waals surface area contributed by atoms with Crippen molar-refractivity contribution in [3.63, 3.8) is 0 Å². The molecule has 0 fully saturated rings. The zero-order valence-electron chi connectivity index (χ0n) is 7.73. The van der Waals surface area contributed by atoms with E-state index in [9.17, 15) is 4.11 Å². The standard InChI is InChI=1S/C12H11FSi/c13-14(11-7-3-1-4-8-11)12-9-5-2-6-10-12/h1-10,14H. The van der Waals surface area contributed by atoms with Gasteiger partial charge >= 0.3 is 0 Å². The number of hydrogen-bond acceptors (Lipinski definition) is 0. The van der Waals surface area contributed by atoms with Crippen molar-refractivity contribution < 1.29 is 4.11 Å². The molecule has 0 aliphatic rings. The van der Waals surface area contributed by atoms with Crippen molar-refractivity contribution in [1.82, 2.24) is 0 Å². The number of halogens is 1. The van der Waals surface area contributed by atoms with Crippen molar-refractivity contribution in [1.29, 1.82) is 0 Å². The highest BCUT2D eigenvalue weighted by Gasteiger charge is 2.14. The van der Waals surface area contributed by atoms with Crippen LogP contribution in [0, 0.1) is 0 Å². The molecule has 14 heavy (non-hydrogen) atoms. The zero-order chi connectivity index (χ0) is 9.80. The molecular weight excluding hydrogens is 191 g/mol. The lowest BCUT2D eigenvalue weighted by Gasteiger charge is -2.05. The minimum atomic E-state index is -2.42. The van der Waals surface area contributed by atoms with E-state index in [-0.39, 0.29) is 0 Å². The van der Waals surface area contributed by atoms with E-state index in [1.54, 1.807) is 0 Å². The lowest BCUT2D eigenvalue weighted by molar-refractivity contribution is 0.865. The van der Waals surface area contributed by atoms with Crippen molar-refractivity contribution in [2.75, 3.05) is 0 Å². The molecule has 70 valence electrons. The summed E-state index contributed by atoms with van der Waals surface area (Å²) in [5.74, 6) is 0. The van der Waals surface area contributed by atoms with E-state index in [1.165, 1.54) is 0 Å². The Hall–Kier alpha value is -1.41. The highest BCUT2D eigenvalue weighted by atomic mass is 28.3. The average molecular weight is 202 g/mol. The van der Waals surface area contributed by atoms with Crippen molar-refractivity contribution in [3.05, 3.63) is 60.7 Å². The molecule has 0 amide bonds. The zero-order valence-corrected chi connectivity index (χ0v) is 8.88. The molecule has 0 bridgehead atoms. The first-order valence-electron chi connectivity index (χ1n) is 4.62. The largest absolute Gasteiger partial charge is 0.306 e. The summed E-state index contributed by atoms with van der Waals surface area (Å²) in [6, 6.07) is 18.8. The third-order valence-corrected chi connectivity index (χ3v) is 4.12. The molecule has 0 N–H and O–H groups in total. The summed E-state index contributed by atoms with van der Waals surface area (Å²) in [6.07, 6.45) is 0. The Balaban J connectivity index is 2.30. The summed E-state index contributed by atoms with van der Waals surface area (Å²) < 4.78 is 14.0. The highest BCUT2D eigenvalue weighted by molar-refractivity contribution is 6.79. The molecule has 0 aliphatic heterocycles. The molecule has 0 radical (unpaired) electrons. The van der Waals surface area contributed by atoms with Crippen molar-refractivity contribution in [3.8, 4) is 0 Å². The van der Waals surface area contributed by atoms with Gasteiger partial charge in [-0.15, -0.1) is 0 Å². The van der Waals surface area contributed by atoms with Crippen LogP contribution in [0.4, 0.5) is 4.11 Å². The summed E-state index contributed by atoms with van der Waals surface area (Å²) in [5.41, 5.74) is 0. The molecule has 0 aliphatic carbocycles. The van der Waals surface area contributed by atoms with Crippen molar-refractivity contribution in [2.45, 2.75) is 0 Å². The lowest BCUT2D eigenvalue weighted by atomic mass is 10.4. The molecule has 0 heterocycles. The molecule has 0 saturated heterocycles. The summed E-state index contributed by atoms with van der Waals surface area (Å²) >= 11 is 0. The molecule has 0 saturated carbocycles. The van der Waals surface area contributed by atoms with Gasteiger partial charge in [-0.25, -0.2) is 0 Å². The molecule has 0 aromatic heterocycles. The van der Waals surface area contributed by atoms with Gasteiger partial charge in [0.2, 0.25) is 0 Å². The second-order valence-electron chi connectivity index (χ2n) is 3.18. The predicted molar refractivity (Wildman–Crippen MR) is 60.4 cm³/mol. The van der Waals surface area contributed by atoms with E-state index in [2.05, 4.69) is 0 Å². The van der Waals surface area contributed by atoms with Crippen LogP contribution in [0.25, 0.3) is 0 Å². The van der Waals surface area contributed by atoms with Gasteiger partial charge in [0.05, 0.1) is 0 Å². The molecule has 2 aromatic carbocycles. The molecule has 0 unspecified atom stereocenters. The summed E-state index contributed by atoms with van der Waals surface area (Å²) in [4.78, 5) is 0. The SMILES string of the molecule is F[SiH](c1ccccc1)c1ccccc1. The van der Waals surface area contributed by atoms with E-state index in [1.807, 2.05) is 60.7 Å². The fourth-order valence-electron chi connectivity index (χ4n) is 1.44. The van der Waals surface area contributed by atoms with Gasteiger partial charge in [-0.1, -0.05) is 60.7 Å². The van der Waals surface area contributed by atoms with Gasteiger partial charge < -0.3 is 4.11 Å². The molecule has 0 spiro atoms. The minimum absolute atomic E-state index is 0.846. The molecule has 2 aromatic rings. The molecule has 0 nitrogen and oxygen atoms in total. The molecule has 2 heteroatoms. The summed E-state index contributed by atoms with van der Waals surface area (Å²) in [5, 5.41) is 1.69. The van der Waals surface area contributed by atoms with Crippen LogP contribution < -0.4 is 10.4 Å². The Bertz CT molecular complexity index is 346. The summed E-state index contributed by atoms with van der Waals surface area (Å²) in [7, 11) is -2.42. The van der Waals surface area contributed by atoms with E-state index in [0.29, 0.717) is 0 Å². The highest BCUT2D eigenvalue weighted by Crippen LogP contribution is 1.92. The lowest BCUT2D eigenvalue weighted by Crippen LogP contribution is -2.37. The maximum absolute atomic E-state index is 14.0. The van der Waals surface area contributed by atoms with Gasteiger partial charge in [0.15, 0.2) is 0 Å². The van der Waals surface area contributed by atoms with Crippen molar-refractivity contribution in [2.24, 2.45) is 0 Å². The van der Waals surface area contributed by atoms with E-state index < -0.39 is 9.13 Å². The maximum Gasteiger partial charge on any atom is 0.293 e. The van der Waals surface area contributed by atoms with E-state index in [0.717, 1.165) is 10.4 Å². The quantitative estimate of drug-likeness (QED) is 0.511. The first-order valence-corrected chi connectivity index (χ1v) is 6.21. The van der Waals surface area contributed by atoms with Crippen LogP contribution in [-0.4, -0.2) is 9.13 Å². The summed E-state index contributed by atoms with van der Waals surface area (Å²) in [6.45, 7) is 0. The van der Waals surface area contributed by atoms with Gasteiger partial charge in [0, 0.05) is 0 Å². The monoisotopic (exact) mass is 202 g/mol. The number of rotatable bonds is 2. The first kappa shape index (κ1) is 9.15. The van der Waals surface area contributed by atoms with Gasteiger partial charge in [-0.05, 0) is 10.4 Å². The molecular formula is C12H11FSi. The van der Waals surface area contributed by atoms with Crippen LogP contribution in [0.3, 0.4) is 0 Å². The molecule has 2 rings (SSSR count). The van der Waals surface area contributed by atoms with Gasteiger partial charge in [-0.2, -0.15) is 0 Å². The Labute approximate surface area is 84.8 Å². The number of benzene rings is 2. The smallest absolute Gasteiger partial charge is 0.293 e. The predicted octanol–water partition coefficient (Wildman–Crippen LogP) is 1.49. The first-order chi connectivity index (χ1) is 6.88.